The minimum atomic E-state index is 0.119. The van der Waals surface area contributed by atoms with Gasteiger partial charge in [-0.1, -0.05) is 47.7 Å². The van der Waals surface area contributed by atoms with Crippen molar-refractivity contribution in [3.05, 3.63) is 59.2 Å². The monoisotopic (exact) mass is 256 g/mol. The molecular weight excluding hydrogens is 240 g/mol. The number of benzene rings is 2. The Morgan fingerprint density at radius 3 is 2.33 bits per heavy atom. The van der Waals surface area contributed by atoms with E-state index in [1.54, 1.807) is 11.8 Å². The zero-order valence-electron chi connectivity index (χ0n) is 10.5. The summed E-state index contributed by atoms with van der Waals surface area (Å²) in [7, 11) is 0. The van der Waals surface area contributed by atoms with Gasteiger partial charge in [-0.2, -0.15) is 0 Å². The average Bonchev–Trinajstić information content (AvgIpc) is 2.34. The summed E-state index contributed by atoms with van der Waals surface area (Å²) >= 11 is 1.66. The highest BCUT2D eigenvalue weighted by atomic mass is 32.2. The van der Waals surface area contributed by atoms with Crippen molar-refractivity contribution >= 4 is 17.6 Å². The van der Waals surface area contributed by atoms with E-state index in [-0.39, 0.29) is 5.84 Å². The van der Waals surface area contributed by atoms with Gasteiger partial charge >= 0.3 is 0 Å². The zero-order chi connectivity index (χ0) is 13.1. The third-order valence-corrected chi connectivity index (χ3v) is 4.00. The van der Waals surface area contributed by atoms with E-state index in [2.05, 4.69) is 31.2 Å². The molecule has 0 fully saturated rings. The molecule has 0 heterocycles. The predicted molar refractivity (Wildman–Crippen MR) is 77.5 cm³/mol. The normalized spacial score (nSPS) is 10.3. The van der Waals surface area contributed by atoms with Crippen LogP contribution in [-0.4, -0.2) is 5.84 Å². The summed E-state index contributed by atoms with van der Waals surface area (Å²) in [6.07, 6.45) is 0. The standard InChI is InChI=1S/C15H16N2S/c1-10-6-8-12(9-7-10)18-14-11(2)4-3-5-13(14)15(16)17/h3-9H,1-2H3,(H3,16,17). The van der Waals surface area contributed by atoms with Crippen molar-refractivity contribution in [2.24, 2.45) is 5.73 Å². The fourth-order valence-electron chi connectivity index (χ4n) is 1.72. The van der Waals surface area contributed by atoms with Gasteiger partial charge in [-0.05, 0) is 31.5 Å². The first kappa shape index (κ1) is 12.7. The van der Waals surface area contributed by atoms with Crippen LogP contribution in [0.3, 0.4) is 0 Å². The SMILES string of the molecule is Cc1ccc(Sc2c(C)cccc2C(=N)N)cc1. The maximum atomic E-state index is 7.64. The molecule has 0 aliphatic rings. The summed E-state index contributed by atoms with van der Waals surface area (Å²) in [6, 6.07) is 14.2. The average molecular weight is 256 g/mol. The number of nitrogen functional groups attached to an aromatic ring is 1. The number of aryl methyl sites for hydroxylation is 2. The van der Waals surface area contributed by atoms with Gasteiger partial charge in [-0.3, -0.25) is 5.41 Å². The molecule has 2 aromatic carbocycles. The van der Waals surface area contributed by atoms with Gasteiger partial charge in [0, 0.05) is 15.4 Å². The van der Waals surface area contributed by atoms with E-state index in [9.17, 15) is 0 Å². The molecule has 0 spiro atoms. The lowest BCUT2D eigenvalue weighted by molar-refractivity contribution is 1.25. The lowest BCUT2D eigenvalue weighted by atomic mass is 10.1. The van der Waals surface area contributed by atoms with Gasteiger partial charge in [0.25, 0.3) is 0 Å². The van der Waals surface area contributed by atoms with Crippen molar-refractivity contribution in [3.63, 3.8) is 0 Å². The first-order chi connectivity index (χ1) is 8.58. The minimum absolute atomic E-state index is 0.119. The summed E-state index contributed by atoms with van der Waals surface area (Å²) in [6.45, 7) is 4.12. The van der Waals surface area contributed by atoms with Crippen LogP contribution in [-0.2, 0) is 0 Å². The van der Waals surface area contributed by atoms with E-state index in [0.29, 0.717) is 0 Å². The molecule has 0 amide bonds. The van der Waals surface area contributed by atoms with Gasteiger partial charge in [0.15, 0.2) is 0 Å². The van der Waals surface area contributed by atoms with E-state index < -0.39 is 0 Å². The Hall–Kier alpha value is -1.74. The first-order valence-electron chi connectivity index (χ1n) is 5.76. The van der Waals surface area contributed by atoms with Gasteiger partial charge in [0.1, 0.15) is 5.84 Å². The molecule has 0 saturated carbocycles. The van der Waals surface area contributed by atoms with Crippen LogP contribution in [0.2, 0.25) is 0 Å². The second-order valence-electron chi connectivity index (χ2n) is 4.28. The second kappa shape index (κ2) is 5.27. The van der Waals surface area contributed by atoms with Crippen molar-refractivity contribution in [1.82, 2.24) is 0 Å². The Bertz CT molecular complexity index is 574. The number of nitrogens with one attached hydrogen (secondary N) is 1. The lowest BCUT2D eigenvalue weighted by Gasteiger charge is -2.11. The highest BCUT2D eigenvalue weighted by Crippen LogP contribution is 2.33. The maximum Gasteiger partial charge on any atom is 0.123 e. The molecular formula is C15H16N2S. The van der Waals surface area contributed by atoms with Crippen molar-refractivity contribution in [1.29, 1.82) is 5.41 Å². The number of amidine groups is 1. The Morgan fingerprint density at radius 2 is 1.72 bits per heavy atom. The molecule has 2 rings (SSSR count). The molecule has 0 radical (unpaired) electrons. The van der Waals surface area contributed by atoms with Crippen molar-refractivity contribution in [2.45, 2.75) is 23.6 Å². The van der Waals surface area contributed by atoms with E-state index >= 15 is 0 Å². The zero-order valence-corrected chi connectivity index (χ0v) is 11.3. The second-order valence-corrected chi connectivity index (χ2v) is 5.36. The van der Waals surface area contributed by atoms with E-state index in [0.717, 1.165) is 20.9 Å². The fourth-order valence-corrected chi connectivity index (χ4v) is 2.75. The van der Waals surface area contributed by atoms with Crippen LogP contribution in [0, 0.1) is 19.3 Å². The van der Waals surface area contributed by atoms with Gasteiger partial charge < -0.3 is 5.73 Å². The highest BCUT2D eigenvalue weighted by molar-refractivity contribution is 7.99. The highest BCUT2D eigenvalue weighted by Gasteiger charge is 2.09. The molecule has 0 saturated heterocycles. The van der Waals surface area contributed by atoms with Crippen molar-refractivity contribution in [2.75, 3.05) is 0 Å². The van der Waals surface area contributed by atoms with Crippen LogP contribution < -0.4 is 5.73 Å². The largest absolute Gasteiger partial charge is 0.384 e. The molecule has 2 nitrogen and oxygen atoms in total. The Labute approximate surface area is 112 Å². The molecule has 18 heavy (non-hydrogen) atoms. The molecule has 0 atom stereocenters. The topological polar surface area (TPSA) is 49.9 Å². The smallest absolute Gasteiger partial charge is 0.123 e. The Morgan fingerprint density at radius 1 is 1.06 bits per heavy atom. The van der Waals surface area contributed by atoms with Crippen LogP contribution in [0.5, 0.6) is 0 Å². The Balaban J connectivity index is 2.39. The van der Waals surface area contributed by atoms with Gasteiger partial charge in [-0.15, -0.1) is 0 Å². The number of nitrogens with two attached hydrogens (primary N) is 1. The third-order valence-electron chi connectivity index (χ3n) is 2.74. The fraction of sp³-hybridized carbons (Fsp3) is 0.133. The maximum absolute atomic E-state index is 7.64. The summed E-state index contributed by atoms with van der Waals surface area (Å²) in [4.78, 5) is 2.23. The number of hydrogen-bond acceptors (Lipinski definition) is 2. The summed E-state index contributed by atoms with van der Waals surface area (Å²) in [5.41, 5.74) is 8.83. The molecule has 3 N–H and O–H groups in total. The summed E-state index contributed by atoms with van der Waals surface area (Å²) in [5, 5.41) is 7.64. The molecule has 2 aromatic rings. The predicted octanol–water partition coefficient (Wildman–Crippen LogP) is 3.74. The molecule has 0 aliphatic carbocycles. The minimum Gasteiger partial charge on any atom is -0.384 e. The van der Waals surface area contributed by atoms with Crippen LogP contribution in [0.4, 0.5) is 0 Å². The van der Waals surface area contributed by atoms with Crippen LogP contribution >= 0.6 is 11.8 Å². The van der Waals surface area contributed by atoms with Crippen LogP contribution in [0.1, 0.15) is 16.7 Å². The first-order valence-corrected chi connectivity index (χ1v) is 6.58. The van der Waals surface area contributed by atoms with Gasteiger partial charge in [-0.25, -0.2) is 0 Å². The molecule has 0 aliphatic heterocycles. The van der Waals surface area contributed by atoms with E-state index in [1.165, 1.54) is 5.56 Å². The van der Waals surface area contributed by atoms with Gasteiger partial charge in [0.2, 0.25) is 0 Å². The van der Waals surface area contributed by atoms with E-state index in [4.69, 9.17) is 11.1 Å². The summed E-state index contributed by atoms with van der Waals surface area (Å²) in [5.74, 6) is 0.119. The number of rotatable bonds is 3. The van der Waals surface area contributed by atoms with Crippen LogP contribution in [0.15, 0.2) is 52.3 Å². The molecule has 0 unspecified atom stereocenters. The third kappa shape index (κ3) is 2.74. The quantitative estimate of drug-likeness (QED) is 0.649. The van der Waals surface area contributed by atoms with Crippen LogP contribution in [0.25, 0.3) is 0 Å². The molecule has 0 aromatic heterocycles. The lowest BCUT2D eigenvalue weighted by Crippen LogP contribution is -2.12. The molecule has 3 heteroatoms. The van der Waals surface area contributed by atoms with Crippen molar-refractivity contribution < 1.29 is 0 Å². The Kier molecular flexibility index (Phi) is 3.72. The van der Waals surface area contributed by atoms with E-state index in [1.807, 2.05) is 25.1 Å². The molecule has 0 bridgehead atoms. The molecule has 92 valence electrons. The van der Waals surface area contributed by atoms with Gasteiger partial charge in [0.05, 0.1) is 0 Å². The number of hydrogen-bond donors (Lipinski definition) is 2. The summed E-state index contributed by atoms with van der Waals surface area (Å²) < 4.78 is 0. The van der Waals surface area contributed by atoms with Crippen molar-refractivity contribution in [3.8, 4) is 0 Å².